The van der Waals surface area contributed by atoms with Crippen LogP contribution in [0, 0.1) is 12.7 Å². The molecule has 0 spiro atoms. The molecular formula is C21H33FN4O3S. The predicted molar refractivity (Wildman–Crippen MR) is 117 cm³/mol. The van der Waals surface area contributed by atoms with Gasteiger partial charge in [0.2, 0.25) is 10.0 Å². The van der Waals surface area contributed by atoms with Gasteiger partial charge < -0.3 is 15.1 Å². The molecule has 0 saturated carbocycles. The van der Waals surface area contributed by atoms with Crippen LogP contribution in [0.4, 0.5) is 14.9 Å². The zero-order chi connectivity index (χ0) is 21.9. The first-order chi connectivity index (χ1) is 14.2. The molecule has 2 heterocycles. The summed E-state index contributed by atoms with van der Waals surface area (Å²) in [5.74, 6) is -0.148. The van der Waals surface area contributed by atoms with Crippen molar-refractivity contribution in [3.8, 4) is 0 Å². The highest BCUT2D eigenvalue weighted by Gasteiger charge is 2.31. The number of anilines is 1. The molecule has 0 radical (unpaired) electrons. The van der Waals surface area contributed by atoms with Gasteiger partial charge in [-0.25, -0.2) is 21.9 Å². The number of carbonyl (C=O) groups is 1. The summed E-state index contributed by atoms with van der Waals surface area (Å²) in [6.07, 6.45) is 3.02. The molecule has 9 heteroatoms. The molecule has 2 aliphatic heterocycles. The zero-order valence-electron chi connectivity index (χ0n) is 18.1. The molecule has 2 saturated heterocycles. The van der Waals surface area contributed by atoms with Gasteiger partial charge in [0.05, 0.1) is 11.4 Å². The van der Waals surface area contributed by atoms with Crippen molar-refractivity contribution in [1.82, 2.24) is 14.5 Å². The number of halogens is 1. The molecule has 1 atom stereocenters. The van der Waals surface area contributed by atoms with Crippen LogP contribution in [0.1, 0.15) is 38.2 Å². The van der Waals surface area contributed by atoms with Crippen molar-refractivity contribution in [2.75, 3.05) is 43.9 Å². The second-order valence-corrected chi connectivity index (χ2v) is 10.6. The molecule has 30 heavy (non-hydrogen) atoms. The van der Waals surface area contributed by atoms with Gasteiger partial charge in [-0.2, -0.15) is 0 Å². The van der Waals surface area contributed by atoms with E-state index in [0.29, 0.717) is 38.2 Å². The van der Waals surface area contributed by atoms with E-state index in [9.17, 15) is 17.6 Å². The summed E-state index contributed by atoms with van der Waals surface area (Å²) in [5.41, 5.74) is 1.60. The third-order valence-corrected chi connectivity index (χ3v) is 8.17. The number of likely N-dealkylation sites (tertiary alicyclic amines) is 1. The van der Waals surface area contributed by atoms with Crippen molar-refractivity contribution in [3.63, 3.8) is 0 Å². The van der Waals surface area contributed by atoms with E-state index in [2.05, 4.69) is 5.32 Å². The molecule has 1 aromatic carbocycles. The molecule has 0 aliphatic carbocycles. The maximum atomic E-state index is 14.3. The molecule has 2 aliphatic rings. The van der Waals surface area contributed by atoms with Gasteiger partial charge in [-0.05, 0) is 57.2 Å². The largest absolute Gasteiger partial charge is 0.367 e. The molecule has 0 bridgehead atoms. The van der Waals surface area contributed by atoms with Gasteiger partial charge in [0, 0.05) is 45.3 Å². The quantitative estimate of drug-likeness (QED) is 0.764. The Bertz CT molecular complexity index is 856. The number of piperidine rings is 2. The Morgan fingerprint density at radius 1 is 1.23 bits per heavy atom. The number of hydrogen-bond donors (Lipinski definition) is 1. The van der Waals surface area contributed by atoms with E-state index in [-0.39, 0.29) is 29.7 Å². The highest BCUT2D eigenvalue weighted by Crippen LogP contribution is 2.25. The minimum atomic E-state index is -3.22. The number of urea groups is 1. The first-order valence-electron chi connectivity index (χ1n) is 10.7. The lowest BCUT2D eigenvalue weighted by Crippen LogP contribution is -2.54. The topological polar surface area (TPSA) is 73.0 Å². The number of nitrogens with one attached hydrogen (secondary N) is 1. The van der Waals surface area contributed by atoms with E-state index in [1.807, 2.05) is 17.9 Å². The van der Waals surface area contributed by atoms with Crippen molar-refractivity contribution in [1.29, 1.82) is 0 Å². The lowest BCUT2D eigenvalue weighted by atomic mass is 10.0. The minimum absolute atomic E-state index is 0.0352. The molecule has 2 fully saturated rings. The number of carbonyl (C=O) groups excluding carboxylic acids is 1. The number of benzene rings is 1. The summed E-state index contributed by atoms with van der Waals surface area (Å²) in [5, 5.41) is 3.10. The second kappa shape index (κ2) is 9.51. The molecule has 168 valence electrons. The normalized spacial score (nSPS) is 21.2. The standard InChI is InChI=1S/C21H33FN4O3S/c1-4-30(28,29)24(3)18-9-12-25(13-10-18)21(27)23-17-6-5-11-26(15-17)20-14-16(2)7-8-19(20)22/h7-8,14,17-18H,4-6,9-13,15H2,1-3H3,(H,23,27). The third-order valence-electron chi connectivity index (χ3n) is 6.26. The van der Waals surface area contributed by atoms with Gasteiger partial charge in [-0.15, -0.1) is 0 Å². The van der Waals surface area contributed by atoms with Crippen LogP contribution in [0.3, 0.4) is 0 Å². The number of aryl methyl sites for hydroxylation is 1. The van der Waals surface area contributed by atoms with E-state index >= 15 is 0 Å². The molecule has 1 aromatic rings. The Kier molecular flexibility index (Phi) is 7.23. The van der Waals surface area contributed by atoms with Crippen molar-refractivity contribution < 1.29 is 17.6 Å². The van der Waals surface area contributed by atoms with Gasteiger partial charge in [0.15, 0.2) is 0 Å². The lowest BCUT2D eigenvalue weighted by Gasteiger charge is -2.38. The van der Waals surface area contributed by atoms with Gasteiger partial charge in [0.1, 0.15) is 5.82 Å². The molecule has 1 unspecified atom stereocenters. The fourth-order valence-electron chi connectivity index (χ4n) is 4.31. The van der Waals surface area contributed by atoms with E-state index in [1.54, 1.807) is 24.9 Å². The van der Waals surface area contributed by atoms with Crippen LogP contribution >= 0.6 is 0 Å². The SMILES string of the molecule is CCS(=O)(=O)N(C)C1CCN(C(=O)NC2CCCN(c3cc(C)ccc3F)C2)CC1. The van der Waals surface area contributed by atoms with Crippen molar-refractivity contribution in [2.24, 2.45) is 0 Å². The molecule has 3 rings (SSSR count). The Morgan fingerprint density at radius 3 is 2.60 bits per heavy atom. The average Bonchev–Trinajstić information content (AvgIpc) is 2.75. The first kappa shape index (κ1) is 22.8. The van der Waals surface area contributed by atoms with E-state index < -0.39 is 10.0 Å². The molecule has 7 nitrogen and oxygen atoms in total. The van der Waals surface area contributed by atoms with E-state index in [0.717, 1.165) is 24.9 Å². The van der Waals surface area contributed by atoms with Crippen LogP contribution in [0.5, 0.6) is 0 Å². The predicted octanol–water partition coefficient (Wildman–Crippen LogP) is 2.56. The maximum Gasteiger partial charge on any atom is 0.317 e. The van der Waals surface area contributed by atoms with E-state index in [4.69, 9.17) is 0 Å². The van der Waals surface area contributed by atoms with Crippen LogP contribution < -0.4 is 10.2 Å². The number of sulfonamides is 1. The summed E-state index contributed by atoms with van der Waals surface area (Å²) in [4.78, 5) is 16.5. The molecular weight excluding hydrogens is 407 g/mol. The van der Waals surface area contributed by atoms with Crippen molar-refractivity contribution >= 4 is 21.7 Å². The Hall–Kier alpha value is -1.87. The van der Waals surface area contributed by atoms with Crippen LogP contribution in [-0.2, 0) is 10.0 Å². The van der Waals surface area contributed by atoms with Gasteiger partial charge >= 0.3 is 6.03 Å². The fraction of sp³-hybridized carbons (Fsp3) is 0.667. The summed E-state index contributed by atoms with van der Waals surface area (Å²) in [7, 11) is -1.59. The Balaban J connectivity index is 1.53. The summed E-state index contributed by atoms with van der Waals surface area (Å²) in [6.45, 7) is 6.01. The lowest BCUT2D eigenvalue weighted by molar-refractivity contribution is 0.160. The number of amides is 2. The van der Waals surface area contributed by atoms with Crippen LogP contribution in [-0.4, -0.2) is 74.7 Å². The highest BCUT2D eigenvalue weighted by atomic mass is 32.2. The summed E-state index contributed by atoms with van der Waals surface area (Å²) < 4.78 is 39.9. The molecule has 1 N–H and O–H groups in total. The van der Waals surface area contributed by atoms with E-state index in [1.165, 1.54) is 10.4 Å². The van der Waals surface area contributed by atoms with Crippen LogP contribution in [0.2, 0.25) is 0 Å². The zero-order valence-corrected chi connectivity index (χ0v) is 18.9. The number of rotatable bonds is 5. The van der Waals surface area contributed by atoms with Crippen LogP contribution in [0.25, 0.3) is 0 Å². The van der Waals surface area contributed by atoms with Gasteiger partial charge in [-0.1, -0.05) is 6.07 Å². The van der Waals surface area contributed by atoms with Crippen molar-refractivity contribution in [3.05, 3.63) is 29.6 Å². The molecule has 2 amide bonds. The summed E-state index contributed by atoms with van der Waals surface area (Å²) >= 11 is 0. The minimum Gasteiger partial charge on any atom is -0.367 e. The van der Waals surface area contributed by atoms with Gasteiger partial charge in [0.25, 0.3) is 0 Å². The number of nitrogens with zero attached hydrogens (tertiary/aromatic N) is 3. The Labute approximate surface area is 179 Å². The monoisotopic (exact) mass is 440 g/mol. The van der Waals surface area contributed by atoms with Crippen LogP contribution in [0.15, 0.2) is 18.2 Å². The number of hydrogen-bond acceptors (Lipinski definition) is 4. The first-order valence-corrected chi connectivity index (χ1v) is 12.3. The second-order valence-electron chi connectivity index (χ2n) is 8.32. The Morgan fingerprint density at radius 2 is 1.93 bits per heavy atom. The maximum absolute atomic E-state index is 14.3. The molecule has 0 aromatic heterocycles. The highest BCUT2D eigenvalue weighted by molar-refractivity contribution is 7.89. The fourth-order valence-corrected chi connectivity index (χ4v) is 5.38. The van der Waals surface area contributed by atoms with Gasteiger partial charge in [-0.3, -0.25) is 0 Å². The van der Waals surface area contributed by atoms with Crippen molar-refractivity contribution in [2.45, 2.75) is 51.6 Å². The summed E-state index contributed by atoms with van der Waals surface area (Å²) in [6, 6.07) is 4.89. The average molecular weight is 441 g/mol. The smallest absolute Gasteiger partial charge is 0.317 e. The third kappa shape index (κ3) is 5.24.